The van der Waals surface area contributed by atoms with Crippen molar-refractivity contribution in [3.05, 3.63) is 70.5 Å². The fourth-order valence-electron chi connectivity index (χ4n) is 3.31. The Bertz CT molecular complexity index is 1070. The number of carbonyl (C=O) groups is 1. The van der Waals surface area contributed by atoms with Crippen LogP contribution in [0.15, 0.2) is 64.5 Å². The van der Waals surface area contributed by atoms with E-state index in [9.17, 15) is 9.59 Å². The van der Waals surface area contributed by atoms with Crippen molar-refractivity contribution in [2.75, 3.05) is 20.3 Å². The third kappa shape index (κ3) is 5.95. The number of methoxy groups -OCH3 is 1. The van der Waals surface area contributed by atoms with Crippen LogP contribution in [0, 0.1) is 0 Å². The van der Waals surface area contributed by atoms with Crippen molar-refractivity contribution in [3.8, 4) is 0 Å². The van der Waals surface area contributed by atoms with Crippen LogP contribution in [-0.4, -0.2) is 41.0 Å². The van der Waals surface area contributed by atoms with Gasteiger partial charge in [0, 0.05) is 26.8 Å². The lowest BCUT2D eigenvalue weighted by molar-refractivity contribution is -0.120. The van der Waals surface area contributed by atoms with Crippen molar-refractivity contribution >= 4 is 28.6 Å². The molecular formula is C24H29N3O3S. The molecule has 1 N–H and O–H groups in total. The van der Waals surface area contributed by atoms with Gasteiger partial charge >= 0.3 is 0 Å². The summed E-state index contributed by atoms with van der Waals surface area (Å²) < 4.78 is 6.79. The molecule has 0 fully saturated rings. The Hall–Kier alpha value is -2.64. The Balaban J connectivity index is 1.73. The number of nitrogens with one attached hydrogen (secondary N) is 1. The quantitative estimate of drug-likeness (QED) is 0.295. The van der Waals surface area contributed by atoms with Crippen LogP contribution in [0.4, 0.5) is 0 Å². The van der Waals surface area contributed by atoms with Crippen LogP contribution in [0.1, 0.15) is 31.7 Å². The molecule has 0 saturated heterocycles. The highest BCUT2D eigenvalue weighted by molar-refractivity contribution is 8.00. The van der Waals surface area contributed by atoms with Gasteiger partial charge in [-0.3, -0.25) is 14.2 Å². The van der Waals surface area contributed by atoms with E-state index in [0.29, 0.717) is 42.2 Å². The van der Waals surface area contributed by atoms with Crippen LogP contribution in [0.25, 0.3) is 10.9 Å². The van der Waals surface area contributed by atoms with Crippen LogP contribution in [0.2, 0.25) is 0 Å². The molecule has 0 aliphatic rings. The van der Waals surface area contributed by atoms with Gasteiger partial charge < -0.3 is 10.1 Å². The molecule has 0 bridgehead atoms. The number of carbonyl (C=O) groups excluding carboxylic acids is 1. The number of ether oxygens (including phenoxy) is 1. The molecular weight excluding hydrogens is 410 g/mol. The van der Waals surface area contributed by atoms with Crippen LogP contribution < -0.4 is 10.9 Å². The van der Waals surface area contributed by atoms with Gasteiger partial charge in [0.15, 0.2) is 5.16 Å². The molecule has 6 nitrogen and oxygen atoms in total. The summed E-state index contributed by atoms with van der Waals surface area (Å²) in [7, 11) is 1.64. The zero-order chi connectivity index (χ0) is 22.2. The predicted octanol–water partition coefficient (Wildman–Crippen LogP) is 3.83. The molecule has 0 radical (unpaired) electrons. The van der Waals surface area contributed by atoms with Gasteiger partial charge in [-0.25, -0.2) is 4.98 Å². The number of nitrogens with zero attached hydrogens (tertiary/aromatic N) is 2. The molecule has 2 unspecified atom stereocenters. The SMILES string of the molecule is COCCCn1c(SC(C)C(=O)NCC(C)c2ccccc2)nc2ccccc2c1=O. The number of hydrogen-bond donors (Lipinski definition) is 1. The van der Waals surface area contributed by atoms with Gasteiger partial charge in [0.25, 0.3) is 5.56 Å². The maximum Gasteiger partial charge on any atom is 0.262 e. The van der Waals surface area contributed by atoms with Crippen LogP contribution in [-0.2, 0) is 16.1 Å². The van der Waals surface area contributed by atoms with E-state index >= 15 is 0 Å². The number of hydrogen-bond acceptors (Lipinski definition) is 5. The Morgan fingerprint density at radius 1 is 1.13 bits per heavy atom. The number of amides is 1. The molecule has 0 aliphatic carbocycles. The number of para-hydroxylation sites is 1. The van der Waals surface area contributed by atoms with Crippen molar-refractivity contribution in [2.24, 2.45) is 0 Å². The van der Waals surface area contributed by atoms with E-state index in [-0.39, 0.29) is 22.6 Å². The summed E-state index contributed by atoms with van der Waals surface area (Å²) in [6, 6.07) is 17.4. The maximum atomic E-state index is 13.0. The van der Waals surface area contributed by atoms with E-state index < -0.39 is 0 Å². The number of aromatic nitrogens is 2. The Morgan fingerprint density at radius 3 is 2.58 bits per heavy atom. The van der Waals surface area contributed by atoms with Crippen molar-refractivity contribution in [2.45, 2.75) is 43.1 Å². The number of thioether (sulfide) groups is 1. The van der Waals surface area contributed by atoms with E-state index in [2.05, 4.69) is 29.4 Å². The van der Waals surface area contributed by atoms with Crippen LogP contribution in [0.5, 0.6) is 0 Å². The van der Waals surface area contributed by atoms with Gasteiger partial charge in [0.1, 0.15) is 0 Å². The molecule has 2 atom stereocenters. The van der Waals surface area contributed by atoms with E-state index in [1.54, 1.807) is 17.7 Å². The lowest BCUT2D eigenvalue weighted by Gasteiger charge is -2.18. The molecule has 3 aromatic rings. The molecule has 3 rings (SSSR count). The zero-order valence-electron chi connectivity index (χ0n) is 18.2. The number of fused-ring (bicyclic) bond motifs is 1. The Morgan fingerprint density at radius 2 is 1.84 bits per heavy atom. The molecule has 1 heterocycles. The van der Waals surface area contributed by atoms with Crippen molar-refractivity contribution < 1.29 is 9.53 Å². The van der Waals surface area contributed by atoms with E-state index in [4.69, 9.17) is 4.74 Å². The summed E-state index contributed by atoms with van der Waals surface area (Å²) in [5.41, 5.74) is 1.74. The average Bonchev–Trinajstić information content (AvgIpc) is 2.79. The van der Waals surface area contributed by atoms with Gasteiger partial charge in [0.2, 0.25) is 5.91 Å². The third-order valence-electron chi connectivity index (χ3n) is 5.16. The molecule has 2 aromatic carbocycles. The van der Waals surface area contributed by atoms with E-state index in [1.165, 1.54) is 17.3 Å². The minimum absolute atomic E-state index is 0.0707. The third-order valence-corrected chi connectivity index (χ3v) is 6.25. The molecule has 0 aliphatic heterocycles. The monoisotopic (exact) mass is 439 g/mol. The lowest BCUT2D eigenvalue weighted by atomic mass is 10.0. The normalized spacial score (nSPS) is 13.1. The fraction of sp³-hybridized carbons (Fsp3) is 0.375. The second-order valence-corrected chi connectivity index (χ2v) is 8.84. The molecule has 1 aromatic heterocycles. The first-order valence-corrected chi connectivity index (χ1v) is 11.4. The first-order valence-electron chi connectivity index (χ1n) is 10.5. The molecule has 1 amide bonds. The van der Waals surface area contributed by atoms with E-state index in [1.807, 2.05) is 43.3 Å². The second-order valence-electron chi connectivity index (χ2n) is 7.53. The fourth-order valence-corrected chi connectivity index (χ4v) is 4.27. The lowest BCUT2D eigenvalue weighted by Crippen LogP contribution is -2.34. The van der Waals surface area contributed by atoms with Crippen molar-refractivity contribution in [1.82, 2.24) is 14.9 Å². The first kappa shape index (κ1) is 23.0. The summed E-state index contributed by atoms with van der Waals surface area (Å²) in [6.45, 7) is 5.53. The summed E-state index contributed by atoms with van der Waals surface area (Å²) in [5, 5.41) is 3.78. The van der Waals surface area contributed by atoms with E-state index in [0.717, 1.165) is 0 Å². The highest BCUT2D eigenvalue weighted by atomic mass is 32.2. The van der Waals surface area contributed by atoms with Crippen LogP contribution in [0.3, 0.4) is 0 Å². The minimum Gasteiger partial charge on any atom is -0.385 e. The standard InChI is InChI=1S/C24H29N3O3S/c1-17(19-10-5-4-6-11-19)16-25-22(28)18(2)31-24-26-21-13-8-7-12-20(21)23(29)27(24)14-9-15-30-3/h4-8,10-13,17-18H,9,14-16H2,1-3H3,(H,25,28). The van der Waals surface area contributed by atoms with Gasteiger partial charge in [-0.15, -0.1) is 0 Å². The van der Waals surface area contributed by atoms with Crippen molar-refractivity contribution in [3.63, 3.8) is 0 Å². The largest absolute Gasteiger partial charge is 0.385 e. The topological polar surface area (TPSA) is 73.2 Å². The van der Waals surface area contributed by atoms with Gasteiger partial charge in [-0.05, 0) is 37.0 Å². The molecule has 7 heteroatoms. The zero-order valence-corrected chi connectivity index (χ0v) is 19.0. The predicted molar refractivity (Wildman–Crippen MR) is 126 cm³/mol. The van der Waals surface area contributed by atoms with Crippen LogP contribution >= 0.6 is 11.8 Å². The average molecular weight is 440 g/mol. The number of rotatable bonds is 10. The van der Waals surface area contributed by atoms with Gasteiger partial charge in [0.05, 0.1) is 16.2 Å². The molecule has 164 valence electrons. The smallest absolute Gasteiger partial charge is 0.262 e. The Labute approximate surface area is 187 Å². The van der Waals surface area contributed by atoms with Gasteiger partial charge in [-0.1, -0.05) is 61.2 Å². The first-order chi connectivity index (χ1) is 15.0. The molecule has 0 spiro atoms. The Kier molecular flexibility index (Phi) is 8.26. The summed E-state index contributed by atoms with van der Waals surface area (Å²) >= 11 is 1.31. The highest BCUT2D eigenvalue weighted by Gasteiger charge is 2.20. The molecule has 31 heavy (non-hydrogen) atoms. The van der Waals surface area contributed by atoms with Gasteiger partial charge in [-0.2, -0.15) is 0 Å². The highest BCUT2D eigenvalue weighted by Crippen LogP contribution is 2.23. The summed E-state index contributed by atoms with van der Waals surface area (Å²) in [4.78, 5) is 30.5. The summed E-state index contributed by atoms with van der Waals surface area (Å²) in [5.74, 6) is 0.145. The molecule has 0 saturated carbocycles. The number of benzene rings is 2. The summed E-state index contributed by atoms with van der Waals surface area (Å²) in [6.07, 6.45) is 0.694. The minimum atomic E-state index is -0.385. The van der Waals surface area contributed by atoms with Crippen molar-refractivity contribution in [1.29, 1.82) is 0 Å². The maximum absolute atomic E-state index is 13.0. The second kappa shape index (κ2) is 11.1.